The fourth-order valence-corrected chi connectivity index (χ4v) is 4.71. The van der Waals surface area contributed by atoms with Gasteiger partial charge in [0.1, 0.15) is 32.9 Å². The van der Waals surface area contributed by atoms with Crippen molar-refractivity contribution in [3.05, 3.63) is 28.8 Å². The van der Waals surface area contributed by atoms with Gasteiger partial charge in [-0.1, -0.05) is 0 Å². The van der Waals surface area contributed by atoms with Crippen LogP contribution in [0, 0.1) is 11.3 Å². The zero-order valence-corrected chi connectivity index (χ0v) is 16.7. The highest BCUT2D eigenvalue weighted by atomic mass is 32.1. The molecule has 1 amide bonds. The number of carbonyl (C=O) groups excluding carboxylic acids is 1. The normalized spacial score (nSPS) is 14.3. The van der Waals surface area contributed by atoms with Crippen molar-refractivity contribution in [1.29, 1.82) is 5.26 Å². The Morgan fingerprint density at radius 2 is 2.21 bits per heavy atom. The Bertz CT molecular complexity index is 1080. The molecule has 0 bridgehead atoms. The third kappa shape index (κ3) is 3.64. The van der Waals surface area contributed by atoms with Crippen LogP contribution in [0.4, 0.5) is 11.5 Å². The van der Waals surface area contributed by atoms with Crippen LogP contribution in [0.2, 0.25) is 0 Å². The van der Waals surface area contributed by atoms with E-state index in [-0.39, 0.29) is 10.6 Å². The number of primary amides is 1. The number of nitrogen functional groups attached to an aromatic ring is 1. The van der Waals surface area contributed by atoms with Gasteiger partial charge in [-0.25, -0.2) is 4.98 Å². The van der Waals surface area contributed by atoms with Gasteiger partial charge >= 0.3 is 0 Å². The number of aromatic nitrogens is 1. The van der Waals surface area contributed by atoms with Crippen molar-refractivity contribution in [2.45, 2.75) is 19.3 Å². The third-order valence-electron chi connectivity index (χ3n) is 5.12. The quantitative estimate of drug-likeness (QED) is 0.510. The summed E-state index contributed by atoms with van der Waals surface area (Å²) in [4.78, 5) is 19.6. The molecule has 8 nitrogen and oxygen atoms in total. The SMILES string of the molecule is N#Cc1c(NCCCN2CCCC2)nc2sc(C(N)=O)c(N)c2c1-c1ccco1. The van der Waals surface area contributed by atoms with Gasteiger partial charge in [-0.15, -0.1) is 11.3 Å². The second-order valence-electron chi connectivity index (χ2n) is 7.02. The van der Waals surface area contributed by atoms with E-state index < -0.39 is 5.91 Å². The Kier molecular flexibility index (Phi) is 5.38. The number of thiophene rings is 1. The van der Waals surface area contributed by atoms with Gasteiger partial charge in [0.2, 0.25) is 0 Å². The molecule has 0 unspecified atom stereocenters. The first-order chi connectivity index (χ1) is 14.1. The molecule has 4 heterocycles. The lowest BCUT2D eigenvalue weighted by Gasteiger charge is -2.15. The van der Waals surface area contributed by atoms with Crippen molar-refractivity contribution in [2.24, 2.45) is 5.73 Å². The summed E-state index contributed by atoms with van der Waals surface area (Å²) < 4.78 is 5.56. The number of carbonyl (C=O) groups is 1. The van der Waals surface area contributed by atoms with Crippen LogP contribution in [0.5, 0.6) is 0 Å². The number of nitriles is 1. The van der Waals surface area contributed by atoms with Crippen LogP contribution in [-0.2, 0) is 0 Å². The zero-order valence-electron chi connectivity index (χ0n) is 15.9. The smallest absolute Gasteiger partial charge is 0.260 e. The van der Waals surface area contributed by atoms with E-state index in [0.717, 1.165) is 37.4 Å². The van der Waals surface area contributed by atoms with Crippen LogP contribution in [-0.4, -0.2) is 42.0 Å². The number of anilines is 2. The lowest BCUT2D eigenvalue weighted by atomic mass is 10.0. The average molecular weight is 411 g/mol. The fraction of sp³-hybridized carbons (Fsp3) is 0.350. The number of furan rings is 1. The van der Waals surface area contributed by atoms with Crippen LogP contribution in [0.15, 0.2) is 22.8 Å². The molecule has 0 saturated carbocycles. The summed E-state index contributed by atoms with van der Waals surface area (Å²) in [6.45, 7) is 4.01. The van der Waals surface area contributed by atoms with Crippen LogP contribution < -0.4 is 16.8 Å². The number of pyridine rings is 1. The first-order valence-corrected chi connectivity index (χ1v) is 10.4. The predicted molar refractivity (Wildman–Crippen MR) is 114 cm³/mol. The van der Waals surface area contributed by atoms with E-state index in [0.29, 0.717) is 39.5 Å². The highest BCUT2D eigenvalue weighted by molar-refractivity contribution is 7.21. The van der Waals surface area contributed by atoms with Crippen LogP contribution in [0.3, 0.4) is 0 Å². The maximum atomic E-state index is 11.8. The molecule has 0 aromatic carbocycles. The van der Waals surface area contributed by atoms with Gasteiger partial charge in [-0.05, 0) is 51.0 Å². The molecule has 3 aromatic rings. The summed E-state index contributed by atoms with van der Waals surface area (Å²) in [5, 5.41) is 13.7. The molecular weight excluding hydrogens is 388 g/mol. The standard InChI is InChI=1S/C20H22N6O2S/c21-11-12-14(13-5-3-10-28-13)15-16(22)17(18(23)27)29-20(15)25-19(12)24-6-4-9-26-7-1-2-8-26/h3,5,10H,1-2,4,6-9,22H2,(H2,23,27)(H,24,25). The number of likely N-dealkylation sites (tertiary alicyclic amines) is 1. The van der Waals surface area contributed by atoms with Crippen molar-refractivity contribution >= 4 is 39.0 Å². The maximum Gasteiger partial charge on any atom is 0.260 e. The molecule has 1 aliphatic rings. The molecule has 1 saturated heterocycles. The van der Waals surface area contributed by atoms with Crippen LogP contribution in [0.25, 0.3) is 21.5 Å². The molecule has 150 valence electrons. The summed E-state index contributed by atoms with van der Waals surface area (Å²) >= 11 is 1.13. The zero-order chi connectivity index (χ0) is 20.4. The second-order valence-corrected chi connectivity index (χ2v) is 8.02. The van der Waals surface area contributed by atoms with Gasteiger partial charge in [0.05, 0.1) is 17.5 Å². The molecule has 9 heteroatoms. The average Bonchev–Trinajstić information content (AvgIpc) is 3.46. The van der Waals surface area contributed by atoms with E-state index in [2.05, 4.69) is 21.3 Å². The Hall–Kier alpha value is -3.09. The highest BCUT2D eigenvalue weighted by Gasteiger charge is 2.25. The largest absolute Gasteiger partial charge is 0.464 e. The van der Waals surface area contributed by atoms with Crippen molar-refractivity contribution < 1.29 is 9.21 Å². The van der Waals surface area contributed by atoms with Crippen molar-refractivity contribution in [1.82, 2.24) is 9.88 Å². The Labute approximate surface area is 172 Å². The van der Waals surface area contributed by atoms with Crippen LogP contribution >= 0.6 is 11.3 Å². The fourth-order valence-electron chi connectivity index (χ4n) is 3.76. The summed E-state index contributed by atoms with van der Waals surface area (Å²) in [5.41, 5.74) is 12.8. The van der Waals surface area contributed by atoms with Gasteiger partial charge in [0.15, 0.2) is 0 Å². The molecule has 0 atom stereocenters. The van der Waals surface area contributed by atoms with Gasteiger partial charge < -0.3 is 26.1 Å². The number of nitrogens with one attached hydrogen (secondary N) is 1. The minimum atomic E-state index is -0.616. The van der Waals surface area contributed by atoms with E-state index in [1.54, 1.807) is 12.1 Å². The van der Waals surface area contributed by atoms with Gasteiger partial charge in [-0.2, -0.15) is 5.26 Å². The highest BCUT2D eigenvalue weighted by Crippen LogP contribution is 2.43. The Morgan fingerprint density at radius 3 is 2.86 bits per heavy atom. The minimum Gasteiger partial charge on any atom is -0.464 e. The topological polar surface area (TPSA) is 134 Å². The summed E-state index contributed by atoms with van der Waals surface area (Å²) in [6, 6.07) is 5.73. The summed E-state index contributed by atoms with van der Waals surface area (Å²) in [5.74, 6) is 0.342. The molecule has 3 aromatic heterocycles. The first-order valence-electron chi connectivity index (χ1n) is 9.56. The molecule has 29 heavy (non-hydrogen) atoms. The first kappa shape index (κ1) is 19.2. The third-order valence-corrected chi connectivity index (χ3v) is 6.24. The molecule has 0 spiro atoms. The molecule has 1 fully saturated rings. The van der Waals surface area contributed by atoms with Crippen molar-refractivity contribution in [3.8, 4) is 17.4 Å². The molecule has 1 aliphatic heterocycles. The lowest BCUT2D eigenvalue weighted by molar-refractivity contribution is 0.100. The molecule has 4 rings (SSSR count). The number of amides is 1. The summed E-state index contributed by atoms with van der Waals surface area (Å²) in [6.07, 6.45) is 5.00. The predicted octanol–water partition coefficient (Wildman–Crippen LogP) is 3.01. The number of hydrogen-bond donors (Lipinski definition) is 3. The van der Waals surface area contributed by atoms with E-state index in [1.807, 2.05) is 0 Å². The molecule has 5 N–H and O–H groups in total. The maximum absolute atomic E-state index is 11.8. The minimum absolute atomic E-state index is 0.230. The number of nitrogens with zero attached hydrogens (tertiary/aromatic N) is 3. The van der Waals surface area contributed by atoms with E-state index >= 15 is 0 Å². The number of fused-ring (bicyclic) bond motifs is 1. The summed E-state index contributed by atoms with van der Waals surface area (Å²) in [7, 11) is 0. The number of nitrogens with two attached hydrogens (primary N) is 2. The van der Waals surface area contributed by atoms with Gasteiger partial charge in [0.25, 0.3) is 5.91 Å². The monoisotopic (exact) mass is 410 g/mol. The van der Waals surface area contributed by atoms with Crippen molar-refractivity contribution in [2.75, 3.05) is 37.2 Å². The molecule has 0 radical (unpaired) electrons. The molecular formula is C20H22N6O2S. The molecule has 0 aliphatic carbocycles. The van der Waals surface area contributed by atoms with Gasteiger partial charge in [0, 0.05) is 11.9 Å². The van der Waals surface area contributed by atoms with E-state index in [1.165, 1.54) is 19.1 Å². The number of hydrogen-bond acceptors (Lipinski definition) is 8. The second kappa shape index (κ2) is 8.11. The lowest BCUT2D eigenvalue weighted by Crippen LogP contribution is -2.22. The Balaban J connectivity index is 1.72. The van der Waals surface area contributed by atoms with Crippen LogP contribution in [0.1, 0.15) is 34.5 Å². The van der Waals surface area contributed by atoms with Gasteiger partial charge in [-0.3, -0.25) is 4.79 Å². The number of rotatable bonds is 7. The van der Waals surface area contributed by atoms with E-state index in [4.69, 9.17) is 15.9 Å². The van der Waals surface area contributed by atoms with E-state index in [9.17, 15) is 10.1 Å². The Morgan fingerprint density at radius 1 is 1.41 bits per heavy atom. The van der Waals surface area contributed by atoms with Crippen molar-refractivity contribution in [3.63, 3.8) is 0 Å².